The molecule has 0 aliphatic carbocycles. The summed E-state index contributed by atoms with van der Waals surface area (Å²) in [5, 5.41) is 3.32. The zero-order valence-corrected chi connectivity index (χ0v) is 15.4. The molecule has 2 fully saturated rings. The van der Waals surface area contributed by atoms with E-state index in [4.69, 9.17) is 0 Å². The Bertz CT molecular complexity index is 1020. The number of H-pyrrole nitrogens is 1. The molecule has 2 aromatic heterocycles. The van der Waals surface area contributed by atoms with Gasteiger partial charge in [0, 0.05) is 25.4 Å². The molecule has 0 unspecified atom stereocenters. The van der Waals surface area contributed by atoms with Gasteiger partial charge < -0.3 is 15.2 Å². The number of hydrogen-bond donors (Lipinski definition) is 2. The Hall–Kier alpha value is -3.03. The van der Waals surface area contributed by atoms with Crippen LogP contribution in [0.25, 0.3) is 11.2 Å². The molecule has 2 aliphatic rings. The summed E-state index contributed by atoms with van der Waals surface area (Å²) in [6, 6.07) is 6.63. The maximum atomic E-state index is 13.5. The van der Waals surface area contributed by atoms with E-state index in [0.717, 1.165) is 36.2 Å². The van der Waals surface area contributed by atoms with Gasteiger partial charge in [-0.05, 0) is 30.5 Å². The first-order valence-electron chi connectivity index (χ1n) is 9.60. The van der Waals surface area contributed by atoms with E-state index < -0.39 is 5.54 Å². The van der Waals surface area contributed by atoms with Gasteiger partial charge in [-0.25, -0.2) is 19.3 Å². The van der Waals surface area contributed by atoms with Crippen LogP contribution in [0.15, 0.2) is 36.9 Å². The minimum absolute atomic E-state index is 0.0445. The van der Waals surface area contributed by atoms with E-state index in [1.54, 1.807) is 6.33 Å². The molecule has 1 amide bonds. The monoisotopic (exact) mass is 380 g/mol. The highest BCUT2D eigenvalue weighted by Crippen LogP contribution is 2.42. The first kappa shape index (κ1) is 17.1. The molecule has 1 spiro atoms. The lowest BCUT2D eigenvalue weighted by atomic mass is 9.79. The molecule has 5 rings (SSSR count). The number of benzene rings is 1. The molecule has 2 atom stereocenters. The predicted octanol–water partition coefficient (Wildman–Crippen LogP) is 2.52. The normalized spacial score (nSPS) is 25.2. The Morgan fingerprint density at radius 1 is 1.14 bits per heavy atom. The zero-order valence-electron chi connectivity index (χ0n) is 15.4. The standard InChI is InChI=1S/C20H21FN6O/c21-14-6-4-13(5-7-14)15-9-27(10-20(15)8-2-1-3-16(28)26-20)19-17-18(23-11-22-17)24-12-25-19/h4-7,11-12,15H,1-3,8-10H2,(H,26,28)(H,22,23,24,25)/t15-,20+/m0/s1. The summed E-state index contributed by atoms with van der Waals surface area (Å²) in [7, 11) is 0. The van der Waals surface area contributed by atoms with E-state index in [2.05, 4.69) is 30.2 Å². The van der Waals surface area contributed by atoms with Crippen molar-refractivity contribution in [1.29, 1.82) is 0 Å². The van der Waals surface area contributed by atoms with Gasteiger partial charge in [-0.15, -0.1) is 0 Å². The SMILES string of the molecule is O=C1CCCC[C@]2(CN(c3ncnc4nc[nH]c34)C[C@H]2c2ccc(F)cc2)N1. The largest absolute Gasteiger partial charge is 0.352 e. The highest BCUT2D eigenvalue weighted by atomic mass is 19.1. The van der Waals surface area contributed by atoms with Gasteiger partial charge in [0.25, 0.3) is 0 Å². The van der Waals surface area contributed by atoms with Gasteiger partial charge in [0.15, 0.2) is 11.5 Å². The highest BCUT2D eigenvalue weighted by molar-refractivity contribution is 5.83. The molecule has 4 heterocycles. The van der Waals surface area contributed by atoms with Crippen LogP contribution in [-0.4, -0.2) is 44.5 Å². The Balaban J connectivity index is 1.58. The summed E-state index contributed by atoms with van der Waals surface area (Å²) in [4.78, 5) is 30.7. The number of carbonyl (C=O) groups is 1. The molecule has 0 saturated carbocycles. The Morgan fingerprint density at radius 2 is 2.00 bits per heavy atom. The van der Waals surface area contributed by atoms with Crippen LogP contribution in [0, 0.1) is 5.82 Å². The molecule has 144 valence electrons. The number of rotatable bonds is 2. The van der Waals surface area contributed by atoms with Crippen LogP contribution in [0.5, 0.6) is 0 Å². The van der Waals surface area contributed by atoms with Crippen molar-refractivity contribution in [3.63, 3.8) is 0 Å². The highest BCUT2D eigenvalue weighted by Gasteiger charge is 2.49. The van der Waals surface area contributed by atoms with Crippen molar-refractivity contribution in [2.75, 3.05) is 18.0 Å². The van der Waals surface area contributed by atoms with Crippen molar-refractivity contribution in [2.24, 2.45) is 0 Å². The minimum atomic E-state index is -0.400. The van der Waals surface area contributed by atoms with Crippen molar-refractivity contribution in [3.8, 4) is 0 Å². The topological polar surface area (TPSA) is 86.8 Å². The Kier molecular flexibility index (Phi) is 3.99. The molecule has 0 bridgehead atoms. The third kappa shape index (κ3) is 2.80. The number of fused-ring (bicyclic) bond motifs is 1. The number of aromatic amines is 1. The van der Waals surface area contributed by atoms with Crippen molar-refractivity contribution in [3.05, 3.63) is 48.3 Å². The Labute approximate surface area is 161 Å². The van der Waals surface area contributed by atoms with E-state index in [9.17, 15) is 9.18 Å². The van der Waals surface area contributed by atoms with Gasteiger partial charge in [0.2, 0.25) is 5.91 Å². The first-order chi connectivity index (χ1) is 13.6. The molecule has 28 heavy (non-hydrogen) atoms. The molecule has 3 aromatic rings. The number of nitrogens with zero attached hydrogens (tertiary/aromatic N) is 4. The Morgan fingerprint density at radius 3 is 2.86 bits per heavy atom. The second-order valence-electron chi connectivity index (χ2n) is 7.69. The lowest BCUT2D eigenvalue weighted by Gasteiger charge is -2.34. The molecule has 2 N–H and O–H groups in total. The van der Waals surface area contributed by atoms with Crippen LogP contribution in [0.1, 0.15) is 37.2 Å². The van der Waals surface area contributed by atoms with E-state index in [0.29, 0.717) is 25.2 Å². The first-order valence-corrected chi connectivity index (χ1v) is 9.60. The van der Waals surface area contributed by atoms with Gasteiger partial charge in [0.1, 0.15) is 17.7 Å². The lowest BCUT2D eigenvalue weighted by Crippen LogP contribution is -2.52. The number of aromatic nitrogens is 4. The van der Waals surface area contributed by atoms with Gasteiger partial charge in [-0.2, -0.15) is 0 Å². The second-order valence-corrected chi connectivity index (χ2v) is 7.69. The quantitative estimate of drug-likeness (QED) is 0.713. The number of nitrogens with one attached hydrogen (secondary N) is 2. The van der Waals surface area contributed by atoms with Gasteiger partial charge in [0.05, 0.1) is 11.9 Å². The number of anilines is 1. The molecule has 2 aliphatic heterocycles. The average molecular weight is 380 g/mol. The summed E-state index contributed by atoms with van der Waals surface area (Å²) < 4.78 is 13.5. The molecular weight excluding hydrogens is 359 g/mol. The smallest absolute Gasteiger partial charge is 0.220 e. The van der Waals surface area contributed by atoms with Gasteiger partial charge >= 0.3 is 0 Å². The fourth-order valence-electron chi connectivity index (χ4n) is 4.69. The van der Waals surface area contributed by atoms with Crippen molar-refractivity contribution in [2.45, 2.75) is 37.1 Å². The summed E-state index contributed by atoms with van der Waals surface area (Å²) >= 11 is 0. The van der Waals surface area contributed by atoms with Crippen molar-refractivity contribution < 1.29 is 9.18 Å². The number of hydrogen-bond acceptors (Lipinski definition) is 5. The molecule has 1 aromatic carbocycles. The predicted molar refractivity (Wildman–Crippen MR) is 102 cm³/mol. The molecule has 0 radical (unpaired) electrons. The van der Waals surface area contributed by atoms with Crippen molar-refractivity contribution >= 4 is 22.9 Å². The van der Waals surface area contributed by atoms with Crippen LogP contribution in [0.2, 0.25) is 0 Å². The maximum absolute atomic E-state index is 13.5. The molecule has 2 saturated heterocycles. The van der Waals surface area contributed by atoms with Gasteiger partial charge in [-0.3, -0.25) is 4.79 Å². The van der Waals surface area contributed by atoms with E-state index >= 15 is 0 Å². The van der Waals surface area contributed by atoms with Crippen molar-refractivity contribution in [1.82, 2.24) is 25.3 Å². The van der Waals surface area contributed by atoms with E-state index in [1.807, 2.05) is 12.1 Å². The summed E-state index contributed by atoms with van der Waals surface area (Å²) in [6.07, 6.45) is 6.43. The summed E-state index contributed by atoms with van der Waals surface area (Å²) in [5.74, 6) is 0.654. The number of imidazole rings is 1. The fourth-order valence-corrected chi connectivity index (χ4v) is 4.69. The van der Waals surface area contributed by atoms with Gasteiger partial charge in [-0.1, -0.05) is 18.6 Å². The molecule has 7 nitrogen and oxygen atoms in total. The molecular formula is C20H21FN6O. The van der Waals surface area contributed by atoms with Crippen LogP contribution in [0.3, 0.4) is 0 Å². The third-order valence-corrected chi connectivity index (χ3v) is 5.98. The summed E-state index contributed by atoms with van der Waals surface area (Å²) in [6.45, 7) is 1.32. The van der Waals surface area contributed by atoms with E-state index in [1.165, 1.54) is 18.5 Å². The average Bonchev–Trinajstić information content (AvgIpc) is 3.26. The van der Waals surface area contributed by atoms with Crippen LogP contribution in [-0.2, 0) is 4.79 Å². The maximum Gasteiger partial charge on any atom is 0.220 e. The number of amides is 1. The molecule has 8 heteroatoms. The lowest BCUT2D eigenvalue weighted by molar-refractivity contribution is -0.122. The number of halogens is 1. The van der Waals surface area contributed by atoms with Crippen LogP contribution >= 0.6 is 0 Å². The van der Waals surface area contributed by atoms with Crippen LogP contribution < -0.4 is 10.2 Å². The zero-order chi connectivity index (χ0) is 19.1. The van der Waals surface area contributed by atoms with E-state index in [-0.39, 0.29) is 17.6 Å². The van der Waals surface area contributed by atoms with Crippen LogP contribution in [0.4, 0.5) is 10.2 Å². The fraction of sp³-hybridized carbons (Fsp3) is 0.400. The second kappa shape index (κ2) is 6.54. The minimum Gasteiger partial charge on any atom is -0.352 e. The third-order valence-electron chi connectivity index (χ3n) is 5.98. The number of carbonyl (C=O) groups excluding carboxylic acids is 1. The summed E-state index contributed by atoms with van der Waals surface area (Å²) in [5.41, 5.74) is 2.04.